The van der Waals surface area contributed by atoms with Gasteiger partial charge in [-0.25, -0.2) is 29.1 Å². The quantitative estimate of drug-likeness (QED) is 0.0959. The number of β-lactam (4-membered cyclic amide) rings is 1. The molecule has 0 saturated carbocycles. The van der Waals surface area contributed by atoms with Crippen LogP contribution in [-0.2, 0) is 32.0 Å². The van der Waals surface area contributed by atoms with Crippen molar-refractivity contribution in [1.82, 2.24) is 15.2 Å². The highest BCUT2D eigenvalue weighted by molar-refractivity contribution is 6.08. The van der Waals surface area contributed by atoms with Gasteiger partial charge in [0.05, 0.1) is 17.5 Å². The number of pyridine rings is 1. The van der Waals surface area contributed by atoms with Crippen LogP contribution in [-0.4, -0.2) is 57.4 Å². The standard InChI is InChI=1S/C42H46N4O9/c1-27(30-16-12-9-13-17-30)44-38(49)46-35(47)33(36(46)53-32-20-18-31(19-21-32)37(48)52-26-28-14-10-8-11-15-28)24-29-22-23-43-34(25-29)45(39(50)54-41(2,3)4)40(51)55-42(5,6)7/h8-23,25,27,33,36H,24,26H2,1-7H3,(H,44,49)/t27-,33?,36-/m1/s1. The minimum Gasteiger partial charge on any atom is -0.469 e. The number of esters is 1. The first kappa shape index (κ1) is 40.0. The molecular weight excluding hydrogens is 704 g/mol. The number of likely N-dealkylation sites (tertiary alicyclic amines) is 1. The van der Waals surface area contributed by atoms with Crippen molar-refractivity contribution in [2.24, 2.45) is 5.92 Å². The van der Waals surface area contributed by atoms with Crippen LogP contribution in [0, 0.1) is 5.92 Å². The molecule has 1 aliphatic heterocycles. The Labute approximate surface area is 320 Å². The fourth-order valence-corrected chi connectivity index (χ4v) is 5.60. The molecule has 1 aliphatic rings. The van der Waals surface area contributed by atoms with Crippen LogP contribution in [0.4, 0.5) is 20.2 Å². The number of nitrogens with zero attached hydrogens (tertiary/aromatic N) is 3. The van der Waals surface area contributed by atoms with Gasteiger partial charge in [0.25, 0.3) is 0 Å². The van der Waals surface area contributed by atoms with Crippen molar-refractivity contribution in [2.75, 3.05) is 4.90 Å². The van der Waals surface area contributed by atoms with Crippen molar-refractivity contribution in [3.8, 4) is 5.75 Å². The number of nitrogens with one attached hydrogen (secondary N) is 1. The molecule has 0 radical (unpaired) electrons. The molecule has 1 aromatic heterocycles. The van der Waals surface area contributed by atoms with E-state index >= 15 is 0 Å². The number of ether oxygens (including phenoxy) is 4. The highest BCUT2D eigenvalue weighted by Gasteiger charge is 2.53. The van der Waals surface area contributed by atoms with E-state index in [9.17, 15) is 24.0 Å². The second kappa shape index (κ2) is 16.8. The monoisotopic (exact) mass is 750 g/mol. The number of amides is 5. The summed E-state index contributed by atoms with van der Waals surface area (Å²) in [6.45, 7) is 11.9. The van der Waals surface area contributed by atoms with Crippen molar-refractivity contribution in [3.05, 3.63) is 126 Å². The Morgan fingerprint density at radius 2 is 1.38 bits per heavy atom. The predicted octanol–water partition coefficient (Wildman–Crippen LogP) is 7.99. The molecule has 0 bridgehead atoms. The Morgan fingerprint density at radius 1 is 0.800 bits per heavy atom. The lowest BCUT2D eigenvalue weighted by Crippen LogP contribution is -2.68. The summed E-state index contributed by atoms with van der Waals surface area (Å²) >= 11 is 0. The molecule has 5 rings (SSSR count). The van der Waals surface area contributed by atoms with Crippen LogP contribution in [0.1, 0.15) is 81.6 Å². The van der Waals surface area contributed by atoms with E-state index in [4.69, 9.17) is 18.9 Å². The van der Waals surface area contributed by atoms with Gasteiger partial charge in [-0.2, -0.15) is 4.90 Å². The van der Waals surface area contributed by atoms with Crippen molar-refractivity contribution in [1.29, 1.82) is 0 Å². The largest absolute Gasteiger partial charge is 0.469 e. The molecule has 5 amide bonds. The summed E-state index contributed by atoms with van der Waals surface area (Å²) in [5, 5.41) is 2.87. The third-order valence-electron chi connectivity index (χ3n) is 8.22. The zero-order valence-corrected chi connectivity index (χ0v) is 32.0. The molecule has 2 heterocycles. The summed E-state index contributed by atoms with van der Waals surface area (Å²) < 4.78 is 22.7. The van der Waals surface area contributed by atoms with Crippen LogP contribution in [0.5, 0.6) is 5.75 Å². The topological polar surface area (TPSA) is 154 Å². The van der Waals surface area contributed by atoms with E-state index in [1.54, 1.807) is 66.7 Å². The molecule has 1 saturated heterocycles. The van der Waals surface area contributed by atoms with E-state index < -0.39 is 59.5 Å². The van der Waals surface area contributed by atoms with Gasteiger partial charge in [0.1, 0.15) is 29.4 Å². The smallest absolute Gasteiger partial charge is 0.425 e. The molecule has 13 heteroatoms. The van der Waals surface area contributed by atoms with Crippen LogP contribution >= 0.6 is 0 Å². The van der Waals surface area contributed by atoms with E-state index in [1.807, 2.05) is 60.7 Å². The SMILES string of the molecule is C[C@@H](NC(=O)N1C(=O)C(Cc2ccnc(N(C(=O)OC(C)(C)C)C(=O)OC(C)(C)C)c2)[C@H]1Oc1ccc(C(=O)OCc2ccccc2)cc1)c1ccccc1. The number of imide groups is 2. The maximum atomic E-state index is 13.8. The molecule has 4 aromatic rings. The van der Waals surface area contributed by atoms with Gasteiger partial charge in [-0.15, -0.1) is 0 Å². The van der Waals surface area contributed by atoms with Gasteiger partial charge in [-0.05, 0) is 108 Å². The lowest BCUT2D eigenvalue weighted by molar-refractivity contribution is -0.166. The highest BCUT2D eigenvalue weighted by atomic mass is 16.6. The molecule has 3 aromatic carbocycles. The Morgan fingerprint density at radius 3 is 1.96 bits per heavy atom. The summed E-state index contributed by atoms with van der Waals surface area (Å²) in [6, 6.07) is 26.8. The lowest BCUT2D eigenvalue weighted by atomic mass is 9.89. The van der Waals surface area contributed by atoms with Crippen molar-refractivity contribution in [3.63, 3.8) is 0 Å². The van der Waals surface area contributed by atoms with Gasteiger partial charge in [-0.3, -0.25) is 4.79 Å². The van der Waals surface area contributed by atoms with Gasteiger partial charge in [0.2, 0.25) is 5.91 Å². The molecule has 13 nitrogen and oxygen atoms in total. The molecule has 1 fully saturated rings. The Balaban J connectivity index is 1.38. The van der Waals surface area contributed by atoms with Crippen LogP contribution in [0.15, 0.2) is 103 Å². The molecule has 3 atom stereocenters. The van der Waals surface area contributed by atoms with Gasteiger partial charge in [0.15, 0.2) is 6.23 Å². The number of hydrogen-bond donors (Lipinski definition) is 1. The zero-order chi connectivity index (χ0) is 39.9. The van der Waals surface area contributed by atoms with Crippen LogP contribution in [0.2, 0.25) is 0 Å². The van der Waals surface area contributed by atoms with E-state index in [2.05, 4.69) is 10.3 Å². The van der Waals surface area contributed by atoms with Crippen LogP contribution in [0.3, 0.4) is 0 Å². The van der Waals surface area contributed by atoms with E-state index in [-0.39, 0.29) is 18.8 Å². The molecule has 1 unspecified atom stereocenters. The molecule has 1 N–H and O–H groups in total. The van der Waals surface area contributed by atoms with Gasteiger partial charge in [0, 0.05) is 6.20 Å². The average Bonchev–Trinajstić information content (AvgIpc) is 3.12. The van der Waals surface area contributed by atoms with Gasteiger partial charge < -0.3 is 24.3 Å². The first-order valence-electron chi connectivity index (χ1n) is 17.9. The average molecular weight is 751 g/mol. The Bertz CT molecular complexity index is 1960. The number of aromatic nitrogens is 1. The van der Waals surface area contributed by atoms with Crippen molar-refractivity contribution < 1.29 is 42.9 Å². The highest BCUT2D eigenvalue weighted by Crippen LogP contribution is 2.34. The summed E-state index contributed by atoms with van der Waals surface area (Å²) in [7, 11) is 0. The predicted molar refractivity (Wildman–Crippen MR) is 203 cm³/mol. The summed E-state index contributed by atoms with van der Waals surface area (Å²) in [4.78, 5) is 72.6. The van der Waals surface area contributed by atoms with Crippen LogP contribution < -0.4 is 15.0 Å². The summed E-state index contributed by atoms with van der Waals surface area (Å²) in [5.74, 6) is -1.67. The normalized spacial score (nSPS) is 15.9. The Hall–Kier alpha value is -6.24. The van der Waals surface area contributed by atoms with Crippen LogP contribution in [0.25, 0.3) is 0 Å². The first-order chi connectivity index (χ1) is 26.0. The number of carbonyl (C=O) groups excluding carboxylic acids is 5. The lowest BCUT2D eigenvalue weighted by Gasteiger charge is -2.45. The molecule has 288 valence electrons. The molecule has 0 spiro atoms. The maximum Gasteiger partial charge on any atom is 0.425 e. The minimum atomic E-state index is -1.06. The summed E-state index contributed by atoms with van der Waals surface area (Å²) in [6.07, 6.45) is -1.59. The zero-order valence-electron chi connectivity index (χ0n) is 32.0. The first-order valence-corrected chi connectivity index (χ1v) is 17.9. The molecular formula is C42H46N4O9. The fourth-order valence-electron chi connectivity index (χ4n) is 5.60. The number of hydrogen-bond acceptors (Lipinski definition) is 10. The van der Waals surface area contributed by atoms with E-state index in [0.717, 1.165) is 16.0 Å². The minimum absolute atomic E-state index is 0.0530. The molecule has 0 aliphatic carbocycles. The second-order valence-corrected chi connectivity index (χ2v) is 15.0. The maximum absolute atomic E-state index is 13.8. The fraction of sp³-hybridized carbons (Fsp3) is 0.333. The van der Waals surface area contributed by atoms with Gasteiger partial charge >= 0.3 is 24.2 Å². The number of urea groups is 1. The van der Waals surface area contributed by atoms with Gasteiger partial charge in [-0.1, -0.05) is 60.7 Å². The number of rotatable bonds is 10. The third kappa shape index (κ3) is 10.7. The van der Waals surface area contributed by atoms with Crippen molar-refractivity contribution >= 4 is 35.9 Å². The van der Waals surface area contributed by atoms with E-state index in [1.165, 1.54) is 24.4 Å². The molecule has 55 heavy (non-hydrogen) atoms. The number of anilines is 1. The number of carbonyl (C=O) groups is 5. The van der Waals surface area contributed by atoms with Crippen molar-refractivity contribution in [2.45, 2.75) is 85.0 Å². The Kier molecular flexibility index (Phi) is 12.2. The second-order valence-electron chi connectivity index (χ2n) is 15.0. The third-order valence-corrected chi connectivity index (χ3v) is 8.22. The van der Waals surface area contributed by atoms with E-state index in [0.29, 0.717) is 21.8 Å². The number of benzene rings is 3. The summed E-state index contributed by atoms with van der Waals surface area (Å²) in [5.41, 5.74) is 0.640.